The summed E-state index contributed by atoms with van der Waals surface area (Å²) < 4.78 is 11.1. The Kier molecular flexibility index (Phi) is 5.49. The van der Waals surface area contributed by atoms with E-state index in [4.69, 9.17) is 21.1 Å². The van der Waals surface area contributed by atoms with E-state index in [1.807, 2.05) is 29.2 Å². The topological polar surface area (TPSA) is 38.8 Å². The zero-order valence-corrected chi connectivity index (χ0v) is 15.2. The molecule has 0 N–H and O–H groups in total. The zero-order chi connectivity index (χ0) is 17.8. The van der Waals surface area contributed by atoms with Gasteiger partial charge in [-0.1, -0.05) is 23.7 Å². The molecule has 2 unspecified atom stereocenters. The lowest BCUT2D eigenvalue weighted by Crippen LogP contribution is -2.40. The van der Waals surface area contributed by atoms with E-state index in [-0.39, 0.29) is 11.9 Å². The van der Waals surface area contributed by atoms with Gasteiger partial charge in [0.05, 0.1) is 13.2 Å². The minimum atomic E-state index is -0.549. The van der Waals surface area contributed by atoms with Gasteiger partial charge in [0.2, 0.25) is 0 Å². The fraction of sp³-hybridized carbons (Fsp3) is 0.350. The van der Waals surface area contributed by atoms with Gasteiger partial charge >= 0.3 is 0 Å². The van der Waals surface area contributed by atoms with E-state index in [2.05, 4.69) is 0 Å². The highest BCUT2D eigenvalue weighted by Gasteiger charge is 2.33. The van der Waals surface area contributed by atoms with Crippen LogP contribution in [-0.4, -0.2) is 30.6 Å². The number of rotatable bonds is 5. The minimum Gasteiger partial charge on any atom is -0.497 e. The summed E-state index contributed by atoms with van der Waals surface area (Å²) in [5.74, 6) is 1.45. The van der Waals surface area contributed by atoms with Crippen molar-refractivity contribution in [3.8, 4) is 11.5 Å². The Bertz CT molecular complexity index is 732. The van der Waals surface area contributed by atoms with Crippen LogP contribution < -0.4 is 9.47 Å². The Morgan fingerprint density at radius 3 is 2.68 bits per heavy atom. The second-order valence-electron chi connectivity index (χ2n) is 6.18. The molecule has 0 radical (unpaired) electrons. The van der Waals surface area contributed by atoms with Gasteiger partial charge in [-0.25, -0.2) is 0 Å². The van der Waals surface area contributed by atoms with E-state index in [1.165, 1.54) is 0 Å². The van der Waals surface area contributed by atoms with E-state index in [9.17, 15) is 4.79 Å². The summed E-state index contributed by atoms with van der Waals surface area (Å²) in [4.78, 5) is 14.8. The van der Waals surface area contributed by atoms with Crippen LogP contribution in [-0.2, 0) is 4.79 Å². The number of carbonyl (C=O) groups excluding carboxylic acids is 1. The Morgan fingerprint density at radius 2 is 1.96 bits per heavy atom. The van der Waals surface area contributed by atoms with Gasteiger partial charge in [-0.3, -0.25) is 4.79 Å². The van der Waals surface area contributed by atoms with Crippen LogP contribution in [0.2, 0.25) is 5.02 Å². The van der Waals surface area contributed by atoms with Crippen LogP contribution in [0.15, 0.2) is 48.5 Å². The first-order valence-corrected chi connectivity index (χ1v) is 8.83. The number of hydrogen-bond acceptors (Lipinski definition) is 3. The lowest BCUT2D eigenvalue weighted by molar-refractivity contribution is -0.138. The molecule has 2 atom stereocenters. The molecular weight excluding hydrogens is 338 g/mol. The van der Waals surface area contributed by atoms with E-state index < -0.39 is 6.10 Å². The van der Waals surface area contributed by atoms with Crippen molar-refractivity contribution >= 4 is 17.5 Å². The maximum Gasteiger partial charge on any atom is 0.263 e. The Hall–Kier alpha value is -2.20. The quantitative estimate of drug-likeness (QED) is 0.790. The largest absolute Gasteiger partial charge is 0.497 e. The molecule has 3 rings (SSSR count). The number of hydrogen-bond donors (Lipinski definition) is 0. The average Bonchev–Trinajstić information content (AvgIpc) is 3.12. The van der Waals surface area contributed by atoms with Crippen LogP contribution in [0, 0.1) is 0 Å². The molecule has 1 saturated heterocycles. The molecule has 2 aromatic carbocycles. The first-order chi connectivity index (χ1) is 12.1. The molecule has 1 aliphatic heterocycles. The number of likely N-dealkylation sites (tertiary alicyclic amines) is 1. The van der Waals surface area contributed by atoms with E-state index in [0.717, 1.165) is 30.7 Å². The third kappa shape index (κ3) is 4.07. The van der Waals surface area contributed by atoms with Crippen molar-refractivity contribution in [1.29, 1.82) is 0 Å². The number of nitrogens with zero attached hydrogens (tertiary/aromatic N) is 1. The summed E-state index contributed by atoms with van der Waals surface area (Å²) in [5, 5.41) is 0.643. The van der Waals surface area contributed by atoms with Crippen molar-refractivity contribution in [3.05, 3.63) is 59.1 Å². The molecule has 0 bridgehead atoms. The number of methoxy groups -OCH3 is 1. The first kappa shape index (κ1) is 17.6. The van der Waals surface area contributed by atoms with Crippen molar-refractivity contribution in [1.82, 2.24) is 4.90 Å². The second kappa shape index (κ2) is 7.79. The van der Waals surface area contributed by atoms with Crippen molar-refractivity contribution < 1.29 is 14.3 Å². The van der Waals surface area contributed by atoms with Crippen LogP contribution in [0.5, 0.6) is 11.5 Å². The molecule has 0 aromatic heterocycles. The summed E-state index contributed by atoms with van der Waals surface area (Å²) in [6.45, 7) is 2.53. The van der Waals surface area contributed by atoms with Gasteiger partial charge in [-0.15, -0.1) is 0 Å². The molecule has 1 amide bonds. The smallest absolute Gasteiger partial charge is 0.263 e. The molecule has 5 heteroatoms. The summed E-state index contributed by atoms with van der Waals surface area (Å²) in [6, 6.07) is 15.0. The molecule has 1 aliphatic rings. The lowest BCUT2D eigenvalue weighted by Gasteiger charge is -2.28. The number of benzene rings is 2. The number of halogens is 1. The van der Waals surface area contributed by atoms with Gasteiger partial charge < -0.3 is 14.4 Å². The van der Waals surface area contributed by atoms with Gasteiger partial charge in [0.1, 0.15) is 11.5 Å². The fourth-order valence-corrected chi connectivity index (χ4v) is 3.35. The number of amides is 1. The predicted molar refractivity (Wildman–Crippen MR) is 98.2 cm³/mol. The Morgan fingerprint density at radius 1 is 1.20 bits per heavy atom. The molecule has 25 heavy (non-hydrogen) atoms. The summed E-state index contributed by atoms with van der Waals surface area (Å²) in [5.41, 5.74) is 1.10. The monoisotopic (exact) mass is 359 g/mol. The lowest BCUT2D eigenvalue weighted by atomic mass is 10.0. The average molecular weight is 360 g/mol. The highest BCUT2D eigenvalue weighted by atomic mass is 35.5. The van der Waals surface area contributed by atoms with Crippen LogP contribution >= 0.6 is 11.6 Å². The number of carbonyl (C=O) groups is 1. The van der Waals surface area contributed by atoms with Crippen molar-refractivity contribution in [2.24, 2.45) is 0 Å². The molecule has 1 fully saturated rings. The third-order valence-electron chi connectivity index (χ3n) is 4.49. The maximum absolute atomic E-state index is 12.9. The van der Waals surface area contributed by atoms with Crippen LogP contribution in [0.25, 0.3) is 0 Å². The Balaban J connectivity index is 1.72. The van der Waals surface area contributed by atoms with Gasteiger partial charge in [0, 0.05) is 11.6 Å². The van der Waals surface area contributed by atoms with E-state index in [1.54, 1.807) is 38.3 Å². The molecule has 1 heterocycles. The van der Waals surface area contributed by atoms with Gasteiger partial charge in [-0.05, 0) is 61.7 Å². The van der Waals surface area contributed by atoms with Crippen LogP contribution in [0.3, 0.4) is 0 Å². The molecular formula is C20H22ClNO3. The minimum absolute atomic E-state index is 0.000250. The molecule has 132 valence electrons. The van der Waals surface area contributed by atoms with Crippen LogP contribution in [0.4, 0.5) is 0 Å². The van der Waals surface area contributed by atoms with Gasteiger partial charge in [-0.2, -0.15) is 0 Å². The Labute approximate surface area is 153 Å². The number of ether oxygens (including phenoxy) is 2. The third-order valence-corrected chi connectivity index (χ3v) is 4.74. The molecule has 0 spiro atoms. The maximum atomic E-state index is 12.9. The predicted octanol–water partition coefficient (Wildman–Crippen LogP) is 4.48. The second-order valence-corrected chi connectivity index (χ2v) is 6.62. The molecule has 4 nitrogen and oxygen atoms in total. The molecule has 0 aliphatic carbocycles. The highest BCUT2D eigenvalue weighted by molar-refractivity contribution is 6.30. The summed E-state index contributed by atoms with van der Waals surface area (Å²) in [7, 11) is 1.65. The van der Waals surface area contributed by atoms with Crippen molar-refractivity contribution in [2.45, 2.75) is 31.9 Å². The van der Waals surface area contributed by atoms with Crippen LogP contribution in [0.1, 0.15) is 31.4 Å². The normalized spacial score (nSPS) is 18.0. The highest BCUT2D eigenvalue weighted by Crippen LogP contribution is 2.34. The van der Waals surface area contributed by atoms with Gasteiger partial charge in [0.25, 0.3) is 5.91 Å². The first-order valence-electron chi connectivity index (χ1n) is 8.45. The standard InChI is InChI=1S/C20H22ClNO3/c1-14(25-17-10-8-16(21)9-11-17)20(23)22-12-4-7-19(22)15-5-3-6-18(13-15)24-2/h3,5-6,8-11,13-14,19H,4,7,12H2,1-2H3. The van der Waals surface area contributed by atoms with Gasteiger partial charge in [0.15, 0.2) is 6.10 Å². The summed E-state index contributed by atoms with van der Waals surface area (Å²) >= 11 is 5.89. The summed E-state index contributed by atoms with van der Waals surface area (Å²) in [6.07, 6.45) is 1.39. The molecule has 0 saturated carbocycles. The fourth-order valence-electron chi connectivity index (χ4n) is 3.23. The van der Waals surface area contributed by atoms with Crippen molar-refractivity contribution in [3.63, 3.8) is 0 Å². The van der Waals surface area contributed by atoms with E-state index >= 15 is 0 Å². The SMILES string of the molecule is COc1cccc(C2CCCN2C(=O)C(C)Oc2ccc(Cl)cc2)c1. The van der Waals surface area contributed by atoms with Crippen molar-refractivity contribution in [2.75, 3.05) is 13.7 Å². The van der Waals surface area contributed by atoms with E-state index in [0.29, 0.717) is 10.8 Å². The zero-order valence-electron chi connectivity index (χ0n) is 14.4. The molecule has 2 aromatic rings.